The maximum absolute atomic E-state index is 13.2. The summed E-state index contributed by atoms with van der Waals surface area (Å²) in [5, 5.41) is 0. The topological polar surface area (TPSA) is 35.5 Å². The highest BCUT2D eigenvalue weighted by Crippen LogP contribution is 2.23. The third kappa shape index (κ3) is 2.94. The predicted molar refractivity (Wildman–Crippen MR) is 53.3 cm³/mol. The van der Waals surface area contributed by atoms with E-state index < -0.39 is 5.82 Å². The molecule has 15 heavy (non-hydrogen) atoms. The average Bonchev–Trinajstić information content (AvgIpc) is 2.25. The van der Waals surface area contributed by atoms with E-state index in [0.29, 0.717) is 12.0 Å². The molecule has 0 spiro atoms. The van der Waals surface area contributed by atoms with E-state index in [2.05, 4.69) is 4.74 Å². The number of methoxy groups -OCH3 is 2. The van der Waals surface area contributed by atoms with E-state index in [4.69, 9.17) is 4.74 Å². The zero-order valence-corrected chi connectivity index (χ0v) is 8.75. The second-order valence-electron chi connectivity index (χ2n) is 3.01. The first kappa shape index (κ1) is 11.5. The molecule has 0 aromatic heterocycles. The molecular weight excluding hydrogens is 199 g/mol. The van der Waals surface area contributed by atoms with Crippen molar-refractivity contribution in [2.24, 2.45) is 0 Å². The predicted octanol–water partition coefficient (Wildman–Crippen LogP) is 1.94. The summed E-state index contributed by atoms with van der Waals surface area (Å²) in [5.74, 6) is -0.539. The molecule has 82 valence electrons. The minimum Gasteiger partial charge on any atom is -0.493 e. The SMILES string of the molecule is COC(=O)CCc1cccc(F)c1OC. The lowest BCUT2D eigenvalue weighted by Crippen LogP contribution is -2.03. The van der Waals surface area contributed by atoms with Gasteiger partial charge in [-0.15, -0.1) is 0 Å². The van der Waals surface area contributed by atoms with Gasteiger partial charge in [-0.1, -0.05) is 12.1 Å². The Kier molecular flexibility index (Phi) is 4.09. The normalized spacial score (nSPS) is 9.80. The molecule has 0 unspecified atom stereocenters. The summed E-state index contributed by atoms with van der Waals surface area (Å²) in [6.45, 7) is 0. The maximum atomic E-state index is 13.2. The first-order valence-electron chi connectivity index (χ1n) is 4.57. The van der Waals surface area contributed by atoms with Gasteiger partial charge in [0, 0.05) is 6.42 Å². The number of benzene rings is 1. The molecule has 0 amide bonds. The first-order valence-corrected chi connectivity index (χ1v) is 4.57. The summed E-state index contributed by atoms with van der Waals surface area (Å²) >= 11 is 0. The van der Waals surface area contributed by atoms with Crippen LogP contribution in [0.5, 0.6) is 5.75 Å². The molecular formula is C11H13FO3. The molecule has 1 aromatic rings. The van der Waals surface area contributed by atoms with Crippen LogP contribution in [-0.2, 0) is 16.0 Å². The van der Waals surface area contributed by atoms with Crippen molar-refractivity contribution in [3.8, 4) is 5.75 Å². The summed E-state index contributed by atoms with van der Waals surface area (Å²) in [7, 11) is 2.73. The van der Waals surface area contributed by atoms with Crippen molar-refractivity contribution < 1.29 is 18.7 Å². The number of carbonyl (C=O) groups excluding carboxylic acids is 1. The third-order valence-corrected chi connectivity index (χ3v) is 2.08. The number of halogens is 1. The quantitative estimate of drug-likeness (QED) is 0.715. The highest BCUT2D eigenvalue weighted by atomic mass is 19.1. The Labute approximate surface area is 87.8 Å². The number of esters is 1. The molecule has 0 heterocycles. The largest absolute Gasteiger partial charge is 0.493 e. The lowest BCUT2D eigenvalue weighted by molar-refractivity contribution is -0.140. The fraction of sp³-hybridized carbons (Fsp3) is 0.364. The highest BCUT2D eigenvalue weighted by Gasteiger charge is 2.10. The van der Waals surface area contributed by atoms with Gasteiger partial charge in [0.1, 0.15) is 0 Å². The Morgan fingerprint density at radius 2 is 2.13 bits per heavy atom. The van der Waals surface area contributed by atoms with Gasteiger partial charge in [-0.3, -0.25) is 4.79 Å². The number of hydrogen-bond acceptors (Lipinski definition) is 3. The van der Waals surface area contributed by atoms with Crippen molar-refractivity contribution in [1.82, 2.24) is 0 Å². The minimum absolute atomic E-state index is 0.196. The number of para-hydroxylation sites is 1. The number of carbonyl (C=O) groups is 1. The summed E-state index contributed by atoms with van der Waals surface area (Å²) in [5.41, 5.74) is 0.669. The smallest absolute Gasteiger partial charge is 0.305 e. The number of aryl methyl sites for hydroxylation is 1. The van der Waals surface area contributed by atoms with E-state index in [-0.39, 0.29) is 18.1 Å². The van der Waals surface area contributed by atoms with Crippen LogP contribution in [0.4, 0.5) is 4.39 Å². The van der Waals surface area contributed by atoms with Crippen molar-refractivity contribution in [2.45, 2.75) is 12.8 Å². The Bertz CT molecular complexity index is 350. The molecule has 1 rings (SSSR count). The van der Waals surface area contributed by atoms with E-state index in [1.54, 1.807) is 12.1 Å². The summed E-state index contributed by atoms with van der Waals surface area (Å²) in [4.78, 5) is 10.9. The van der Waals surface area contributed by atoms with Gasteiger partial charge < -0.3 is 9.47 Å². The average molecular weight is 212 g/mol. The van der Waals surface area contributed by atoms with Crippen molar-refractivity contribution in [3.63, 3.8) is 0 Å². The van der Waals surface area contributed by atoms with Crippen LogP contribution in [0.25, 0.3) is 0 Å². The van der Waals surface area contributed by atoms with Gasteiger partial charge in [0.25, 0.3) is 0 Å². The number of rotatable bonds is 4. The first-order chi connectivity index (χ1) is 7.19. The summed E-state index contributed by atoms with van der Waals surface area (Å²) < 4.78 is 22.6. The Morgan fingerprint density at radius 1 is 1.40 bits per heavy atom. The fourth-order valence-electron chi connectivity index (χ4n) is 1.32. The summed E-state index contributed by atoms with van der Waals surface area (Å²) in [6, 6.07) is 4.63. The minimum atomic E-state index is -0.417. The third-order valence-electron chi connectivity index (χ3n) is 2.08. The van der Waals surface area contributed by atoms with Crippen molar-refractivity contribution in [2.75, 3.05) is 14.2 Å². The molecule has 0 bridgehead atoms. The number of ether oxygens (including phenoxy) is 2. The van der Waals surface area contributed by atoms with Gasteiger partial charge >= 0.3 is 5.97 Å². The molecule has 4 heteroatoms. The highest BCUT2D eigenvalue weighted by molar-refractivity contribution is 5.69. The van der Waals surface area contributed by atoms with E-state index >= 15 is 0 Å². The maximum Gasteiger partial charge on any atom is 0.305 e. The molecule has 0 aliphatic rings. The van der Waals surface area contributed by atoms with E-state index in [0.717, 1.165) is 0 Å². The van der Waals surface area contributed by atoms with Crippen molar-refractivity contribution in [3.05, 3.63) is 29.6 Å². The second-order valence-corrected chi connectivity index (χ2v) is 3.01. The Balaban J connectivity index is 2.76. The van der Waals surface area contributed by atoms with Gasteiger partial charge in [-0.2, -0.15) is 0 Å². The molecule has 3 nitrogen and oxygen atoms in total. The second kappa shape index (κ2) is 5.34. The van der Waals surface area contributed by atoms with Crippen molar-refractivity contribution in [1.29, 1.82) is 0 Å². The Hall–Kier alpha value is -1.58. The van der Waals surface area contributed by atoms with Crippen molar-refractivity contribution >= 4 is 5.97 Å². The van der Waals surface area contributed by atoms with Crippen LogP contribution in [0.2, 0.25) is 0 Å². The number of hydrogen-bond donors (Lipinski definition) is 0. The van der Waals surface area contributed by atoms with Gasteiger partial charge in [0.05, 0.1) is 14.2 Å². The molecule has 0 radical (unpaired) electrons. The van der Waals surface area contributed by atoms with E-state index in [1.807, 2.05) is 0 Å². The van der Waals surface area contributed by atoms with Crippen LogP contribution in [0.15, 0.2) is 18.2 Å². The zero-order chi connectivity index (χ0) is 11.3. The lowest BCUT2D eigenvalue weighted by Gasteiger charge is -2.08. The molecule has 1 aromatic carbocycles. The van der Waals surface area contributed by atoms with Gasteiger partial charge in [-0.05, 0) is 18.1 Å². The van der Waals surface area contributed by atoms with Crippen LogP contribution in [-0.4, -0.2) is 20.2 Å². The van der Waals surface area contributed by atoms with Crippen LogP contribution in [0, 0.1) is 5.82 Å². The zero-order valence-electron chi connectivity index (χ0n) is 8.75. The standard InChI is InChI=1S/C11H13FO3/c1-14-10(13)7-6-8-4-3-5-9(12)11(8)15-2/h3-5H,6-7H2,1-2H3. The fourth-order valence-corrected chi connectivity index (χ4v) is 1.32. The molecule has 0 saturated carbocycles. The molecule has 0 saturated heterocycles. The molecule has 0 N–H and O–H groups in total. The molecule has 0 aliphatic carbocycles. The van der Waals surface area contributed by atoms with Crippen LogP contribution in [0.3, 0.4) is 0 Å². The monoisotopic (exact) mass is 212 g/mol. The van der Waals surface area contributed by atoms with Crippen LogP contribution < -0.4 is 4.74 Å². The molecule has 0 atom stereocenters. The lowest BCUT2D eigenvalue weighted by atomic mass is 10.1. The molecule has 0 fully saturated rings. The van der Waals surface area contributed by atoms with E-state index in [9.17, 15) is 9.18 Å². The van der Waals surface area contributed by atoms with Crippen LogP contribution in [0.1, 0.15) is 12.0 Å². The van der Waals surface area contributed by atoms with E-state index in [1.165, 1.54) is 20.3 Å². The van der Waals surface area contributed by atoms with Gasteiger partial charge in [0.15, 0.2) is 11.6 Å². The molecule has 0 aliphatic heterocycles. The van der Waals surface area contributed by atoms with Gasteiger partial charge in [0.2, 0.25) is 0 Å². The Morgan fingerprint density at radius 3 is 2.73 bits per heavy atom. The van der Waals surface area contributed by atoms with Crippen LogP contribution >= 0.6 is 0 Å². The van der Waals surface area contributed by atoms with Gasteiger partial charge in [-0.25, -0.2) is 4.39 Å². The summed E-state index contributed by atoms with van der Waals surface area (Å²) in [6.07, 6.45) is 0.629.